The Morgan fingerprint density at radius 3 is 2.52 bits per heavy atom. The molecule has 1 fully saturated rings. The SMILES string of the molecule is O=C(Nc1ccc2c(c1)OCCO2)[C@@H]1CCCCN1S(=O)(=O)c1ccc(F)cc1. The number of nitrogens with zero attached hydrogens (tertiary/aromatic N) is 1. The van der Waals surface area contributed by atoms with E-state index in [2.05, 4.69) is 5.32 Å². The van der Waals surface area contributed by atoms with E-state index in [1.807, 2.05) is 0 Å². The first-order valence-corrected chi connectivity index (χ1v) is 10.9. The fraction of sp³-hybridized carbons (Fsp3) is 0.350. The standard InChI is InChI=1S/C20H21FN2O5S/c21-14-4-7-16(8-5-14)29(25,26)23-10-2-1-3-17(23)20(24)22-15-6-9-18-19(13-15)28-12-11-27-18/h4-9,13,17H,1-3,10-12H2,(H,22,24)/t17-/m0/s1. The number of rotatable bonds is 4. The second-order valence-electron chi connectivity index (χ2n) is 6.93. The second-order valence-corrected chi connectivity index (χ2v) is 8.82. The summed E-state index contributed by atoms with van der Waals surface area (Å²) in [6, 6.07) is 8.85. The van der Waals surface area contributed by atoms with Crippen molar-refractivity contribution < 1.29 is 27.1 Å². The van der Waals surface area contributed by atoms with Gasteiger partial charge in [-0.25, -0.2) is 12.8 Å². The lowest BCUT2D eigenvalue weighted by molar-refractivity contribution is -0.120. The summed E-state index contributed by atoms with van der Waals surface area (Å²) in [5, 5.41) is 2.78. The van der Waals surface area contributed by atoms with E-state index in [1.165, 1.54) is 16.4 Å². The number of carbonyl (C=O) groups excluding carboxylic acids is 1. The van der Waals surface area contributed by atoms with E-state index in [4.69, 9.17) is 9.47 Å². The lowest BCUT2D eigenvalue weighted by atomic mass is 10.0. The van der Waals surface area contributed by atoms with Gasteiger partial charge in [-0.05, 0) is 49.2 Å². The van der Waals surface area contributed by atoms with Crippen LogP contribution in [0.25, 0.3) is 0 Å². The molecule has 0 unspecified atom stereocenters. The number of fused-ring (bicyclic) bond motifs is 1. The van der Waals surface area contributed by atoms with Crippen LogP contribution in [0.1, 0.15) is 19.3 Å². The van der Waals surface area contributed by atoms with Crippen molar-refractivity contribution in [2.24, 2.45) is 0 Å². The summed E-state index contributed by atoms with van der Waals surface area (Å²) >= 11 is 0. The van der Waals surface area contributed by atoms with Gasteiger partial charge in [-0.15, -0.1) is 0 Å². The van der Waals surface area contributed by atoms with E-state index < -0.39 is 27.8 Å². The summed E-state index contributed by atoms with van der Waals surface area (Å²) in [7, 11) is -3.92. The fourth-order valence-corrected chi connectivity index (χ4v) is 5.20. The highest BCUT2D eigenvalue weighted by Crippen LogP contribution is 2.33. The van der Waals surface area contributed by atoms with Crippen molar-refractivity contribution in [2.45, 2.75) is 30.2 Å². The van der Waals surface area contributed by atoms with Crippen LogP contribution in [0.4, 0.5) is 10.1 Å². The highest BCUT2D eigenvalue weighted by molar-refractivity contribution is 7.89. The monoisotopic (exact) mass is 420 g/mol. The van der Waals surface area contributed by atoms with Crippen molar-refractivity contribution in [2.75, 3.05) is 25.1 Å². The van der Waals surface area contributed by atoms with E-state index >= 15 is 0 Å². The molecule has 2 aliphatic heterocycles. The number of amides is 1. The largest absolute Gasteiger partial charge is 0.486 e. The van der Waals surface area contributed by atoms with Crippen molar-refractivity contribution in [3.8, 4) is 11.5 Å². The molecule has 154 valence electrons. The Bertz CT molecular complexity index is 1010. The van der Waals surface area contributed by atoms with Crippen molar-refractivity contribution in [1.29, 1.82) is 0 Å². The third-order valence-electron chi connectivity index (χ3n) is 4.99. The summed E-state index contributed by atoms with van der Waals surface area (Å²) in [6.07, 6.45) is 1.82. The molecule has 0 spiro atoms. The van der Waals surface area contributed by atoms with E-state index in [0.717, 1.165) is 18.6 Å². The summed E-state index contributed by atoms with van der Waals surface area (Å²) < 4.78 is 51.5. The number of hydrogen-bond acceptors (Lipinski definition) is 5. The molecule has 0 bridgehead atoms. The maximum Gasteiger partial charge on any atom is 0.243 e. The number of carbonyl (C=O) groups is 1. The van der Waals surface area contributed by atoms with Crippen LogP contribution in [-0.2, 0) is 14.8 Å². The molecule has 0 radical (unpaired) electrons. The van der Waals surface area contributed by atoms with Crippen LogP contribution in [0, 0.1) is 5.82 Å². The molecular formula is C20H21FN2O5S. The first-order chi connectivity index (χ1) is 13.9. The molecule has 1 N–H and O–H groups in total. The normalized spacial score (nSPS) is 19.6. The van der Waals surface area contributed by atoms with Gasteiger partial charge in [-0.2, -0.15) is 4.31 Å². The number of ether oxygens (including phenoxy) is 2. The minimum atomic E-state index is -3.92. The topological polar surface area (TPSA) is 84.9 Å². The van der Waals surface area contributed by atoms with Gasteiger partial charge >= 0.3 is 0 Å². The van der Waals surface area contributed by atoms with Gasteiger partial charge in [-0.3, -0.25) is 4.79 Å². The van der Waals surface area contributed by atoms with Gasteiger partial charge in [-0.1, -0.05) is 6.42 Å². The molecule has 9 heteroatoms. The summed E-state index contributed by atoms with van der Waals surface area (Å²) in [6.45, 7) is 1.13. The predicted octanol–water partition coefficient (Wildman–Crippen LogP) is 2.78. The Morgan fingerprint density at radius 1 is 1.03 bits per heavy atom. The lowest BCUT2D eigenvalue weighted by Gasteiger charge is -2.33. The first-order valence-electron chi connectivity index (χ1n) is 9.43. The Hall–Kier alpha value is -2.65. The molecule has 1 atom stereocenters. The fourth-order valence-electron chi connectivity index (χ4n) is 3.54. The first kappa shape index (κ1) is 19.7. The third kappa shape index (κ3) is 4.06. The van der Waals surface area contributed by atoms with Crippen LogP contribution < -0.4 is 14.8 Å². The number of benzene rings is 2. The van der Waals surface area contributed by atoms with E-state index in [9.17, 15) is 17.6 Å². The molecule has 0 saturated carbocycles. The van der Waals surface area contributed by atoms with E-state index in [0.29, 0.717) is 43.2 Å². The Kier molecular flexibility index (Phi) is 5.42. The maximum absolute atomic E-state index is 13.2. The number of piperidine rings is 1. The molecule has 2 aromatic carbocycles. The highest BCUT2D eigenvalue weighted by atomic mass is 32.2. The smallest absolute Gasteiger partial charge is 0.243 e. The number of sulfonamides is 1. The molecule has 7 nitrogen and oxygen atoms in total. The Morgan fingerprint density at radius 2 is 1.76 bits per heavy atom. The van der Waals surface area contributed by atoms with Crippen LogP contribution in [0.2, 0.25) is 0 Å². The van der Waals surface area contributed by atoms with Gasteiger partial charge in [0, 0.05) is 18.3 Å². The number of anilines is 1. The van der Waals surface area contributed by atoms with Gasteiger partial charge in [0.05, 0.1) is 4.90 Å². The molecular weight excluding hydrogens is 399 g/mol. The Labute approximate surface area is 168 Å². The second kappa shape index (κ2) is 8.00. The predicted molar refractivity (Wildman–Crippen MR) is 104 cm³/mol. The molecule has 29 heavy (non-hydrogen) atoms. The van der Waals surface area contributed by atoms with E-state index in [1.54, 1.807) is 18.2 Å². The van der Waals surface area contributed by atoms with Gasteiger partial charge < -0.3 is 14.8 Å². The van der Waals surface area contributed by atoms with Crippen LogP contribution in [-0.4, -0.2) is 44.4 Å². The van der Waals surface area contributed by atoms with Gasteiger partial charge in [0.1, 0.15) is 25.1 Å². The molecule has 1 amide bonds. The van der Waals surface area contributed by atoms with Crippen LogP contribution in [0.3, 0.4) is 0 Å². The lowest BCUT2D eigenvalue weighted by Crippen LogP contribution is -2.49. The molecule has 4 rings (SSSR count). The maximum atomic E-state index is 13.2. The summed E-state index contributed by atoms with van der Waals surface area (Å²) in [5.41, 5.74) is 0.504. The molecule has 0 aromatic heterocycles. The summed E-state index contributed by atoms with van der Waals surface area (Å²) in [4.78, 5) is 12.9. The van der Waals surface area contributed by atoms with E-state index in [-0.39, 0.29) is 11.4 Å². The number of hydrogen-bond donors (Lipinski definition) is 1. The average Bonchev–Trinajstić information content (AvgIpc) is 2.74. The van der Waals surface area contributed by atoms with Crippen LogP contribution in [0.15, 0.2) is 47.4 Å². The van der Waals surface area contributed by atoms with Crippen LogP contribution >= 0.6 is 0 Å². The Balaban J connectivity index is 1.55. The minimum absolute atomic E-state index is 0.0297. The summed E-state index contributed by atoms with van der Waals surface area (Å²) in [5.74, 6) is 0.212. The zero-order valence-corrected chi connectivity index (χ0v) is 16.5. The average molecular weight is 420 g/mol. The highest BCUT2D eigenvalue weighted by Gasteiger charge is 2.37. The molecule has 2 aliphatic rings. The van der Waals surface area contributed by atoms with Crippen molar-refractivity contribution in [3.63, 3.8) is 0 Å². The van der Waals surface area contributed by atoms with Gasteiger partial charge in [0.25, 0.3) is 0 Å². The zero-order chi connectivity index (χ0) is 20.4. The molecule has 2 aromatic rings. The van der Waals surface area contributed by atoms with Crippen molar-refractivity contribution >= 4 is 21.6 Å². The van der Waals surface area contributed by atoms with Gasteiger partial charge in [0.15, 0.2) is 11.5 Å². The van der Waals surface area contributed by atoms with Crippen molar-refractivity contribution in [1.82, 2.24) is 4.31 Å². The van der Waals surface area contributed by atoms with Crippen LogP contribution in [0.5, 0.6) is 11.5 Å². The number of halogens is 1. The van der Waals surface area contributed by atoms with Gasteiger partial charge in [0.2, 0.25) is 15.9 Å². The third-order valence-corrected chi connectivity index (χ3v) is 6.91. The quantitative estimate of drug-likeness (QED) is 0.822. The molecule has 0 aliphatic carbocycles. The molecule has 1 saturated heterocycles. The zero-order valence-electron chi connectivity index (χ0n) is 15.6. The molecule has 2 heterocycles. The number of nitrogens with one attached hydrogen (secondary N) is 1. The van der Waals surface area contributed by atoms with Crippen molar-refractivity contribution in [3.05, 3.63) is 48.3 Å². The minimum Gasteiger partial charge on any atom is -0.486 e.